The number of para-hydroxylation sites is 6. The summed E-state index contributed by atoms with van der Waals surface area (Å²) in [5.41, 5.74) is 13.7. The zero-order valence-electron chi connectivity index (χ0n) is 39.4. The van der Waals surface area contributed by atoms with E-state index >= 15 is 0 Å². The predicted octanol–water partition coefficient (Wildman–Crippen LogP) is 15.8. The molecule has 16 rings (SSSR count). The fraction of sp³-hybridized carbons (Fsp3) is 0.0303. The number of nitrogens with zero attached hydrogens (tertiary/aromatic N) is 4. The number of aromatic nitrogens is 4. The Labute approximate surface area is 425 Å². The number of hydrogen-bond acceptors (Lipinski definition) is 2. The maximum Gasteiger partial charge on any atom is 0.131 e. The first-order valence-electron chi connectivity index (χ1n) is 25.0. The summed E-state index contributed by atoms with van der Waals surface area (Å²) in [6.45, 7) is 0. The molecule has 2 aliphatic rings. The Balaban J connectivity index is 0.931. The van der Waals surface area contributed by atoms with E-state index < -0.39 is 6.04 Å². The van der Waals surface area contributed by atoms with Crippen LogP contribution >= 0.6 is 6.04 Å². The van der Waals surface area contributed by atoms with Gasteiger partial charge in [0.25, 0.3) is 0 Å². The van der Waals surface area contributed by atoms with Gasteiger partial charge in [0.1, 0.15) is 11.9 Å². The highest BCUT2D eigenvalue weighted by atomic mass is 32.4. The van der Waals surface area contributed by atoms with E-state index in [9.17, 15) is 0 Å². The second kappa shape index (κ2) is 15.4. The van der Waals surface area contributed by atoms with Gasteiger partial charge in [0.2, 0.25) is 0 Å². The van der Waals surface area contributed by atoms with Crippen LogP contribution in [0.4, 0.5) is 0 Å². The van der Waals surface area contributed by atoms with Gasteiger partial charge in [-0.25, -0.2) is 0 Å². The van der Waals surface area contributed by atoms with Crippen LogP contribution < -0.4 is 15.3 Å². The van der Waals surface area contributed by atoms with Gasteiger partial charge in [0, 0.05) is 83.3 Å². The molecule has 0 saturated heterocycles. The zero-order chi connectivity index (χ0) is 47.9. The minimum absolute atomic E-state index is 0.0583. The lowest BCUT2D eigenvalue weighted by Gasteiger charge is -2.42. The lowest BCUT2D eigenvalue weighted by molar-refractivity contribution is 0.253. The molecule has 0 spiro atoms. The van der Waals surface area contributed by atoms with Crippen molar-refractivity contribution in [2.24, 2.45) is 0 Å². The molecule has 1 aliphatic carbocycles. The second-order valence-electron chi connectivity index (χ2n) is 19.5. The first kappa shape index (κ1) is 41.0. The monoisotopic (exact) mass is 970 g/mol. The SMILES string of the molecule is S=P1(c2ccccc2)c2ccc(-n3c4ccccc4c4ccc5c(c6ccccc6n5-c5ccccc5)c43)cc2OC2C=C(n3c4ccccc4c4ccc5c(c6ccccc6n5-c5ccccc5)c43)C=CC21. The minimum atomic E-state index is -2.53. The van der Waals surface area contributed by atoms with Crippen LogP contribution in [0.5, 0.6) is 5.75 Å². The average molecular weight is 971 g/mol. The van der Waals surface area contributed by atoms with Crippen LogP contribution in [0.25, 0.3) is 110 Å². The van der Waals surface area contributed by atoms with E-state index in [1.807, 2.05) is 0 Å². The van der Waals surface area contributed by atoms with Gasteiger partial charge in [-0.15, -0.1) is 0 Å². The molecule has 0 saturated carbocycles. The molecule has 344 valence electrons. The molecule has 73 heavy (non-hydrogen) atoms. The number of rotatable bonds is 5. The number of allylic oxidation sites excluding steroid dienone is 2. The Kier molecular flexibility index (Phi) is 8.66. The van der Waals surface area contributed by atoms with E-state index in [1.165, 1.54) is 81.5 Å². The third kappa shape index (κ3) is 5.65. The summed E-state index contributed by atoms with van der Waals surface area (Å²) in [6.07, 6.45) is 6.74. The Hall–Kier alpha value is -8.67. The number of fused-ring (bicyclic) bond motifs is 16. The predicted molar refractivity (Wildman–Crippen MR) is 311 cm³/mol. The lowest BCUT2D eigenvalue weighted by atomic mass is 10.1. The Bertz CT molecular complexity index is 4750. The van der Waals surface area contributed by atoms with Crippen LogP contribution in [0.3, 0.4) is 0 Å². The molecule has 7 heteroatoms. The van der Waals surface area contributed by atoms with Crippen molar-refractivity contribution in [2.45, 2.75) is 11.8 Å². The molecule has 0 amide bonds. The molecule has 0 bridgehead atoms. The van der Waals surface area contributed by atoms with Crippen LogP contribution in [0.1, 0.15) is 0 Å². The molecule has 3 unspecified atom stereocenters. The van der Waals surface area contributed by atoms with Gasteiger partial charge in [0.15, 0.2) is 0 Å². The summed E-state index contributed by atoms with van der Waals surface area (Å²) in [6, 6.07) is 81.2. The van der Waals surface area contributed by atoms with Gasteiger partial charge < -0.3 is 23.0 Å². The van der Waals surface area contributed by atoms with E-state index in [1.54, 1.807) is 0 Å². The number of benzene rings is 10. The molecule has 5 nitrogen and oxygen atoms in total. The van der Waals surface area contributed by atoms with Crippen LogP contribution in [-0.2, 0) is 11.8 Å². The zero-order valence-corrected chi connectivity index (χ0v) is 41.1. The fourth-order valence-corrected chi connectivity index (χ4v) is 17.3. The van der Waals surface area contributed by atoms with Crippen molar-refractivity contribution in [1.29, 1.82) is 0 Å². The van der Waals surface area contributed by atoms with Gasteiger partial charge in [-0.3, -0.25) is 0 Å². The Morgan fingerprint density at radius 2 is 0.849 bits per heavy atom. The van der Waals surface area contributed by atoms with Crippen molar-refractivity contribution in [3.05, 3.63) is 249 Å². The summed E-state index contributed by atoms with van der Waals surface area (Å²) in [5, 5.41) is 12.0. The normalized spacial score (nSPS) is 17.6. The fourth-order valence-electron chi connectivity index (χ4n) is 12.8. The number of hydrogen-bond donors (Lipinski definition) is 0. The van der Waals surface area contributed by atoms with Crippen molar-refractivity contribution in [3.8, 4) is 22.8 Å². The molecule has 10 aromatic carbocycles. The second-order valence-corrected chi connectivity index (χ2v) is 24.1. The Morgan fingerprint density at radius 3 is 1.41 bits per heavy atom. The molecule has 14 aromatic rings. The van der Waals surface area contributed by atoms with Gasteiger partial charge >= 0.3 is 0 Å². The summed E-state index contributed by atoms with van der Waals surface area (Å²) in [7, 11) is 0. The molecule has 0 radical (unpaired) electrons. The molecule has 3 atom stereocenters. The van der Waals surface area contributed by atoms with Gasteiger partial charge in [-0.05, 0) is 90.3 Å². The molecule has 5 heterocycles. The van der Waals surface area contributed by atoms with Crippen LogP contribution in [-0.4, -0.2) is 30.0 Å². The summed E-state index contributed by atoms with van der Waals surface area (Å²) in [4.78, 5) is 0. The van der Waals surface area contributed by atoms with E-state index in [-0.39, 0.29) is 11.8 Å². The topological polar surface area (TPSA) is 28.9 Å². The standard InChI is InChI=1S/C66H43N4OPS/c73-72(46-22-8-3-9-23-46)61-38-32-44(69-53-28-14-10-24-47(53)49-34-36-57-63(65(49)69)51-26-12-16-30-55(51)67(57)42-18-4-1-5-19-42)40-59(61)71-60-41-45(33-39-62(60)72)70-54-29-15-11-25-48(54)50-35-37-58-64(66(50)70)52-27-13-17-31-56(52)68(58)43-20-6-2-7-21-43/h1-41,59,61H. The highest BCUT2D eigenvalue weighted by Gasteiger charge is 2.44. The molecular formula is C66H43N4OPS. The van der Waals surface area contributed by atoms with E-state index in [2.05, 4.69) is 267 Å². The average Bonchev–Trinajstić information content (AvgIpc) is 4.19. The van der Waals surface area contributed by atoms with Gasteiger partial charge in [-0.2, -0.15) is 0 Å². The summed E-state index contributed by atoms with van der Waals surface area (Å²) < 4.78 is 17.3. The van der Waals surface area contributed by atoms with Crippen LogP contribution in [0.2, 0.25) is 0 Å². The van der Waals surface area contributed by atoms with Crippen molar-refractivity contribution < 1.29 is 4.74 Å². The quantitative estimate of drug-likeness (QED) is 0.161. The minimum Gasteiger partial charge on any atom is -0.484 e. The maximum atomic E-state index is 7.51. The highest BCUT2D eigenvalue weighted by molar-refractivity contribution is 8.22. The largest absolute Gasteiger partial charge is 0.484 e. The van der Waals surface area contributed by atoms with Crippen LogP contribution in [0.15, 0.2) is 249 Å². The van der Waals surface area contributed by atoms with E-state index in [4.69, 9.17) is 16.5 Å². The van der Waals surface area contributed by atoms with Gasteiger partial charge in [0.05, 0.1) is 49.8 Å². The molecule has 4 aromatic heterocycles. The summed E-state index contributed by atoms with van der Waals surface area (Å²) >= 11 is 7.22. The van der Waals surface area contributed by atoms with Crippen molar-refractivity contribution >= 4 is 121 Å². The molecule has 0 N–H and O–H groups in total. The molecule has 0 fully saturated rings. The first-order chi connectivity index (χ1) is 36.1. The van der Waals surface area contributed by atoms with Crippen molar-refractivity contribution in [2.75, 3.05) is 0 Å². The third-order valence-electron chi connectivity index (χ3n) is 15.7. The van der Waals surface area contributed by atoms with E-state index in [0.717, 1.165) is 44.8 Å². The maximum absolute atomic E-state index is 7.51. The lowest BCUT2D eigenvalue weighted by Crippen LogP contribution is -2.42. The Morgan fingerprint density at radius 1 is 0.384 bits per heavy atom. The van der Waals surface area contributed by atoms with Gasteiger partial charge in [-0.1, -0.05) is 170 Å². The van der Waals surface area contributed by atoms with E-state index in [0.29, 0.717) is 0 Å². The van der Waals surface area contributed by atoms with Crippen LogP contribution in [0, 0.1) is 0 Å². The smallest absolute Gasteiger partial charge is 0.131 e. The first-order valence-corrected chi connectivity index (χ1v) is 27.9. The summed E-state index contributed by atoms with van der Waals surface area (Å²) in [5.74, 6) is 0.845. The third-order valence-corrected chi connectivity index (χ3v) is 21.2. The van der Waals surface area contributed by atoms with Crippen molar-refractivity contribution in [3.63, 3.8) is 0 Å². The van der Waals surface area contributed by atoms with Crippen molar-refractivity contribution in [1.82, 2.24) is 18.3 Å². The molecular weight excluding hydrogens is 928 g/mol. The molecule has 1 aliphatic heterocycles. The number of ether oxygens (including phenoxy) is 1. The highest BCUT2D eigenvalue weighted by Crippen LogP contribution is 2.58.